The zero-order valence-electron chi connectivity index (χ0n) is 16.0. The fourth-order valence-electron chi connectivity index (χ4n) is 3.61. The minimum Gasteiger partial charge on any atom is -0.289 e. The molecule has 1 aliphatic heterocycles. The molecule has 1 rings (SSSR count). The molecule has 0 radical (unpaired) electrons. The minimum absolute atomic E-state index is 0.660. The van der Waals surface area contributed by atoms with Crippen molar-refractivity contribution in [3.05, 3.63) is 12.2 Å². The van der Waals surface area contributed by atoms with Gasteiger partial charge in [0.1, 0.15) is 0 Å². The van der Waals surface area contributed by atoms with E-state index in [2.05, 4.69) is 25.4 Å². The molecule has 0 saturated heterocycles. The maximum atomic E-state index is 4.50. The molecule has 134 valence electrons. The minimum atomic E-state index is 0.660. The molecule has 1 unspecified atom stereocenters. The average molecular weight is 320 g/mol. The summed E-state index contributed by atoms with van der Waals surface area (Å²) in [4.78, 5) is 4.50. The maximum absolute atomic E-state index is 4.50. The Hall–Kier alpha value is -0.590. The fourth-order valence-corrected chi connectivity index (χ4v) is 3.61. The van der Waals surface area contributed by atoms with Crippen molar-refractivity contribution in [3.8, 4) is 0 Å². The standard InChI is InChI=1S/C22H41N/c1-4-5-6-7-8-9-10-11-12-13-14-15-16-17-18-22-19-23-21(3)20(22)2/h22H,2,4-19H2,1,3H3. The van der Waals surface area contributed by atoms with Crippen LogP contribution in [-0.4, -0.2) is 12.3 Å². The Morgan fingerprint density at radius 3 is 1.61 bits per heavy atom. The molecule has 0 spiro atoms. The van der Waals surface area contributed by atoms with Crippen LogP contribution in [0, 0.1) is 5.92 Å². The van der Waals surface area contributed by atoms with E-state index < -0.39 is 0 Å². The quantitative estimate of drug-likeness (QED) is 0.277. The highest BCUT2D eigenvalue weighted by atomic mass is 14.8. The Kier molecular flexibility index (Phi) is 12.3. The molecular weight excluding hydrogens is 278 g/mol. The third-order valence-corrected chi connectivity index (χ3v) is 5.41. The normalized spacial score (nSPS) is 17.7. The van der Waals surface area contributed by atoms with Crippen molar-refractivity contribution < 1.29 is 0 Å². The molecule has 0 aromatic heterocycles. The van der Waals surface area contributed by atoms with E-state index in [0.29, 0.717) is 5.92 Å². The third kappa shape index (κ3) is 9.99. The molecule has 23 heavy (non-hydrogen) atoms. The van der Waals surface area contributed by atoms with Crippen LogP contribution in [0.2, 0.25) is 0 Å². The van der Waals surface area contributed by atoms with Gasteiger partial charge in [-0.05, 0) is 18.9 Å². The first-order valence-corrected chi connectivity index (χ1v) is 10.5. The molecule has 0 bridgehead atoms. The van der Waals surface area contributed by atoms with Gasteiger partial charge in [0.05, 0.1) is 0 Å². The summed E-state index contributed by atoms with van der Waals surface area (Å²) < 4.78 is 0. The first kappa shape index (κ1) is 20.5. The van der Waals surface area contributed by atoms with Crippen LogP contribution in [0.3, 0.4) is 0 Å². The van der Waals surface area contributed by atoms with E-state index >= 15 is 0 Å². The average Bonchev–Trinajstić information content (AvgIpc) is 2.87. The van der Waals surface area contributed by atoms with E-state index in [0.717, 1.165) is 6.54 Å². The SMILES string of the molecule is C=C1C(C)=NCC1CCCCCCCCCCCCCCCC. The van der Waals surface area contributed by atoms with E-state index in [1.54, 1.807) is 0 Å². The summed E-state index contributed by atoms with van der Waals surface area (Å²) in [7, 11) is 0. The van der Waals surface area contributed by atoms with Crippen LogP contribution in [0.25, 0.3) is 0 Å². The molecule has 1 heteroatoms. The number of hydrogen-bond acceptors (Lipinski definition) is 1. The molecule has 0 saturated carbocycles. The molecule has 1 aliphatic rings. The molecule has 1 atom stereocenters. The van der Waals surface area contributed by atoms with E-state index in [-0.39, 0.29) is 0 Å². The predicted octanol–water partition coefficient (Wildman–Crippen LogP) is 7.50. The lowest BCUT2D eigenvalue weighted by Gasteiger charge is -2.10. The molecule has 0 fully saturated rings. The predicted molar refractivity (Wildman–Crippen MR) is 106 cm³/mol. The summed E-state index contributed by atoms with van der Waals surface area (Å²) >= 11 is 0. The molecule has 1 nitrogen and oxygen atoms in total. The molecule has 0 aromatic rings. The second-order valence-corrected chi connectivity index (χ2v) is 7.53. The Balaban J connectivity index is 1.74. The van der Waals surface area contributed by atoms with Crippen LogP contribution >= 0.6 is 0 Å². The molecule has 0 aromatic carbocycles. The summed E-state index contributed by atoms with van der Waals surface area (Å²) in [6.45, 7) is 9.57. The fraction of sp³-hybridized carbons (Fsp3) is 0.864. The van der Waals surface area contributed by atoms with Gasteiger partial charge in [0.2, 0.25) is 0 Å². The lowest BCUT2D eigenvalue weighted by Crippen LogP contribution is -2.04. The molecule has 0 aliphatic carbocycles. The van der Waals surface area contributed by atoms with Gasteiger partial charge in [-0.1, -0.05) is 103 Å². The monoisotopic (exact) mass is 319 g/mol. The summed E-state index contributed by atoms with van der Waals surface area (Å²) in [6.07, 6.45) is 21.4. The van der Waals surface area contributed by atoms with Crippen molar-refractivity contribution in [2.24, 2.45) is 10.9 Å². The van der Waals surface area contributed by atoms with Crippen LogP contribution in [-0.2, 0) is 0 Å². The molecule has 0 N–H and O–H groups in total. The summed E-state index contributed by atoms with van der Waals surface area (Å²) in [6, 6.07) is 0. The van der Waals surface area contributed by atoms with Gasteiger partial charge >= 0.3 is 0 Å². The van der Waals surface area contributed by atoms with E-state index in [1.807, 2.05) is 0 Å². The summed E-state index contributed by atoms with van der Waals surface area (Å²) in [5, 5.41) is 0. The topological polar surface area (TPSA) is 12.4 Å². The van der Waals surface area contributed by atoms with Crippen LogP contribution < -0.4 is 0 Å². The second kappa shape index (κ2) is 13.8. The maximum Gasteiger partial charge on any atom is 0.0461 e. The largest absolute Gasteiger partial charge is 0.289 e. The van der Waals surface area contributed by atoms with Crippen molar-refractivity contribution >= 4 is 5.71 Å². The zero-order valence-corrected chi connectivity index (χ0v) is 16.0. The van der Waals surface area contributed by atoms with Gasteiger partial charge < -0.3 is 0 Å². The van der Waals surface area contributed by atoms with E-state index in [9.17, 15) is 0 Å². The first-order valence-electron chi connectivity index (χ1n) is 10.5. The Morgan fingerprint density at radius 2 is 1.22 bits per heavy atom. The molecule has 1 heterocycles. The van der Waals surface area contributed by atoms with Crippen molar-refractivity contribution in [1.82, 2.24) is 0 Å². The number of hydrogen-bond donors (Lipinski definition) is 0. The van der Waals surface area contributed by atoms with Crippen molar-refractivity contribution in [1.29, 1.82) is 0 Å². The van der Waals surface area contributed by atoms with Gasteiger partial charge in [0.25, 0.3) is 0 Å². The van der Waals surface area contributed by atoms with Crippen molar-refractivity contribution in [3.63, 3.8) is 0 Å². The number of aliphatic imine (C=N–C) groups is 1. The highest BCUT2D eigenvalue weighted by Crippen LogP contribution is 2.24. The number of rotatable bonds is 15. The molecular formula is C22H41N. The highest BCUT2D eigenvalue weighted by Gasteiger charge is 2.19. The van der Waals surface area contributed by atoms with Gasteiger partial charge in [0, 0.05) is 18.2 Å². The smallest absolute Gasteiger partial charge is 0.0461 e. The highest BCUT2D eigenvalue weighted by molar-refractivity contribution is 5.99. The Bertz CT molecular complexity index is 329. The molecule has 0 amide bonds. The van der Waals surface area contributed by atoms with Crippen LogP contribution in [0.15, 0.2) is 17.1 Å². The Labute approximate surface area is 146 Å². The van der Waals surface area contributed by atoms with Crippen LogP contribution in [0.4, 0.5) is 0 Å². The second-order valence-electron chi connectivity index (χ2n) is 7.53. The lowest BCUT2D eigenvalue weighted by molar-refractivity contribution is 0.511. The van der Waals surface area contributed by atoms with Crippen molar-refractivity contribution in [2.45, 2.75) is 110 Å². The Morgan fingerprint density at radius 1 is 0.783 bits per heavy atom. The van der Waals surface area contributed by atoms with Crippen LogP contribution in [0.5, 0.6) is 0 Å². The van der Waals surface area contributed by atoms with Gasteiger partial charge in [0.15, 0.2) is 0 Å². The van der Waals surface area contributed by atoms with E-state index in [1.165, 1.54) is 108 Å². The first-order chi connectivity index (χ1) is 11.3. The lowest BCUT2D eigenvalue weighted by atomic mass is 9.94. The summed E-state index contributed by atoms with van der Waals surface area (Å²) in [5.74, 6) is 0.660. The number of unbranched alkanes of at least 4 members (excludes halogenated alkanes) is 13. The van der Waals surface area contributed by atoms with Crippen LogP contribution in [0.1, 0.15) is 110 Å². The van der Waals surface area contributed by atoms with Crippen molar-refractivity contribution in [2.75, 3.05) is 6.54 Å². The van der Waals surface area contributed by atoms with Gasteiger partial charge in [-0.15, -0.1) is 0 Å². The number of nitrogens with zero attached hydrogens (tertiary/aromatic N) is 1. The van der Waals surface area contributed by atoms with E-state index in [4.69, 9.17) is 0 Å². The zero-order chi connectivity index (χ0) is 16.8. The third-order valence-electron chi connectivity index (χ3n) is 5.41. The van der Waals surface area contributed by atoms with Gasteiger partial charge in [-0.25, -0.2) is 0 Å². The summed E-state index contributed by atoms with van der Waals surface area (Å²) in [5.41, 5.74) is 2.50. The van der Waals surface area contributed by atoms with Gasteiger partial charge in [-0.2, -0.15) is 0 Å². The van der Waals surface area contributed by atoms with Gasteiger partial charge in [-0.3, -0.25) is 4.99 Å².